The molecule has 1 heteroatoms. The molecule has 0 N–H and O–H groups in total. The van der Waals surface area contributed by atoms with Gasteiger partial charge in [0, 0.05) is 4.83 Å². The first-order valence-corrected chi connectivity index (χ1v) is 6.87. The van der Waals surface area contributed by atoms with E-state index in [2.05, 4.69) is 41.1 Å². The molecule has 0 aliphatic heterocycles. The van der Waals surface area contributed by atoms with Gasteiger partial charge in [-0.05, 0) is 18.1 Å². The van der Waals surface area contributed by atoms with Gasteiger partial charge in [-0.1, -0.05) is 79.2 Å². The van der Waals surface area contributed by atoms with Gasteiger partial charge in [0.15, 0.2) is 0 Å². The third-order valence-corrected chi connectivity index (χ3v) is 3.58. The highest BCUT2D eigenvalue weighted by Gasteiger charge is 2.05. The highest BCUT2D eigenvalue weighted by molar-refractivity contribution is 9.09. The summed E-state index contributed by atoms with van der Waals surface area (Å²) in [4.78, 5) is 0.486. The molecule has 1 rings (SSSR count). The van der Waals surface area contributed by atoms with Crippen LogP contribution < -0.4 is 0 Å². The minimum absolute atomic E-state index is 0.486. The third kappa shape index (κ3) is 5.36. The molecule has 0 fully saturated rings. The van der Waals surface area contributed by atoms with Gasteiger partial charge >= 0.3 is 0 Å². The van der Waals surface area contributed by atoms with Crippen LogP contribution in [0, 0.1) is 6.07 Å². The van der Waals surface area contributed by atoms with Gasteiger partial charge in [0.2, 0.25) is 0 Å². The minimum atomic E-state index is 0.486. The predicted molar refractivity (Wildman–Crippen MR) is 70.3 cm³/mol. The van der Waals surface area contributed by atoms with Crippen LogP contribution in [0.2, 0.25) is 0 Å². The van der Waals surface area contributed by atoms with Gasteiger partial charge in [-0.25, -0.2) is 0 Å². The maximum atomic E-state index is 3.72. The molecule has 0 aromatic heterocycles. The average Bonchev–Trinajstić information content (AvgIpc) is 2.30. The van der Waals surface area contributed by atoms with E-state index >= 15 is 0 Å². The van der Waals surface area contributed by atoms with E-state index in [1.807, 2.05) is 12.1 Å². The van der Waals surface area contributed by atoms with Crippen molar-refractivity contribution in [1.82, 2.24) is 0 Å². The summed E-state index contributed by atoms with van der Waals surface area (Å²) in [5.41, 5.74) is 1.29. The Morgan fingerprint density at radius 3 is 2.67 bits per heavy atom. The van der Waals surface area contributed by atoms with Gasteiger partial charge in [0.1, 0.15) is 0 Å². The van der Waals surface area contributed by atoms with Crippen LogP contribution in [0.5, 0.6) is 0 Å². The summed E-state index contributed by atoms with van der Waals surface area (Å²) >= 11 is 3.72. The Labute approximate surface area is 102 Å². The summed E-state index contributed by atoms with van der Waals surface area (Å²) in [6, 6.07) is 11.5. The first kappa shape index (κ1) is 12.8. The first-order valence-electron chi connectivity index (χ1n) is 5.95. The van der Waals surface area contributed by atoms with E-state index in [4.69, 9.17) is 0 Å². The molecule has 15 heavy (non-hydrogen) atoms. The van der Waals surface area contributed by atoms with Crippen LogP contribution in [0.3, 0.4) is 0 Å². The fourth-order valence-corrected chi connectivity index (χ4v) is 2.29. The zero-order valence-electron chi connectivity index (χ0n) is 9.51. The number of hydrogen-bond acceptors (Lipinski definition) is 0. The Hall–Kier alpha value is -0.300. The second-order valence-electron chi connectivity index (χ2n) is 3.99. The highest BCUT2D eigenvalue weighted by atomic mass is 79.9. The summed E-state index contributed by atoms with van der Waals surface area (Å²) in [6.45, 7) is 2.26. The van der Waals surface area contributed by atoms with Crippen LogP contribution in [-0.2, 0) is 0 Å². The fraction of sp³-hybridized carbons (Fsp3) is 0.571. The average molecular weight is 268 g/mol. The highest BCUT2D eigenvalue weighted by Crippen LogP contribution is 2.27. The Morgan fingerprint density at radius 1 is 1.20 bits per heavy atom. The smallest absolute Gasteiger partial charge is 0.0401 e. The molecule has 83 valence electrons. The summed E-state index contributed by atoms with van der Waals surface area (Å²) in [5, 5.41) is 0. The zero-order chi connectivity index (χ0) is 10.9. The molecule has 0 amide bonds. The molecule has 1 atom stereocenters. The van der Waals surface area contributed by atoms with Crippen molar-refractivity contribution in [3.8, 4) is 0 Å². The lowest BCUT2D eigenvalue weighted by molar-refractivity contribution is 0.606. The van der Waals surface area contributed by atoms with E-state index in [1.54, 1.807) is 0 Å². The molecule has 0 bridgehead atoms. The van der Waals surface area contributed by atoms with E-state index in [0.717, 1.165) is 0 Å². The number of rotatable bonds is 7. The van der Waals surface area contributed by atoms with Crippen molar-refractivity contribution in [3.63, 3.8) is 0 Å². The molecular weight excluding hydrogens is 248 g/mol. The molecule has 0 saturated heterocycles. The lowest BCUT2D eigenvalue weighted by Crippen LogP contribution is -1.90. The Morgan fingerprint density at radius 2 is 2.00 bits per heavy atom. The topological polar surface area (TPSA) is 0 Å². The van der Waals surface area contributed by atoms with Crippen LogP contribution in [0.1, 0.15) is 55.8 Å². The maximum absolute atomic E-state index is 3.72. The van der Waals surface area contributed by atoms with E-state index in [9.17, 15) is 0 Å². The fourth-order valence-electron chi connectivity index (χ4n) is 1.68. The van der Waals surface area contributed by atoms with E-state index in [0.29, 0.717) is 4.83 Å². The van der Waals surface area contributed by atoms with Crippen LogP contribution in [0.4, 0.5) is 0 Å². The van der Waals surface area contributed by atoms with Crippen LogP contribution in [-0.4, -0.2) is 0 Å². The maximum Gasteiger partial charge on any atom is 0.0401 e. The van der Waals surface area contributed by atoms with Crippen LogP contribution in [0.15, 0.2) is 24.3 Å². The Bertz CT molecular complexity index is 243. The summed E-state index contributed by atoms with van der Waals surface area (Å²) in [5.74, 6) is 0. The first-order chi connectivity index (χ1) is 7.34. The standard InChI is InChI=1S/C14H20Br/c1-2-3-4-5-9-12-14(15)13-10-7-6-8-11-13/h6-8,10,14H,2-5,9,12H2,1H3. The van der Waals surface area contributed by atoms with E-state index in [-0.39, 0.29) is 0 Å². The van der Waals surface area contributed by atoms with Gasteiger partial charge < -0.3 is 0 Å². The molecular formula is C14H20Br. The van der Waals surface area contributed by atoms with Crippen molar-refractivity contribution in [2.75, 3.05) is 0 Å². The van der Waals surface area contributed by atoms with Gasteiger partial charge in [-0.15, -0.1) is 0 Å². The van der Waals surface area contributed by atoms with Crippen LogP contribution >= 0.6 is 15.9 Å². The van der Waals surface area contributed by atoms with Gasteiger partial charge in [0.25, 0.3) is 0 Å². The molecule has 1 unspecified atom stereocenters. The number of hydrogen-bond donors (Lipinski definition) is 0. The predicted octanol–water partition coefficient (Wildman–Crippen LogP) is 5.28. The summed E-state index contributed by atoms with van der Waals surface area (Å²) in [7, 11) is 0. The van der Waals surface area contributed by atoms with Crippen molar-refractivity contribution >= 4 is 15.9 Å². The molecule has 0 aliphatic carbocycles. The third-order valence-electron chi connectivity index (χ3n) is 2.63. The minimum Gasteiger partial charge on any atom is -0.0839 e. The number of benzene rings is 1. The molecule has 1 radical (unpaired) electrons. The Kier molecular flexibility index (Phi) is 6.74. The number of halogens is 1. The van der Waals surface area contributed by atoms with Crippen molar-refractivity contribution in [2.24, 2.45) is 0 Å². The SMILES string of the molecule is CCCCCCCC(Br)c1[c]cccc1. The van der Waals surface area contributed by atoms with E-state index < -0.39 is 0 Å². The number of unbranched alkanes of at least 4 members (excludes halogenated alkanes) is 4. The van der Waals surface area contributed by atoms with Crippen molar-refractivity contribution < 1.29 is 0 Å². The quantitative estimate of drug-likeness (QED) is 0.466. The summed E-state index contributed by atoms with van der Waals surface area (Å²) < 4.78 is 0. The Balaban J connectivity index is 2.16. The lowest BCUT2D eigenvalue weighted by atomic mass is 10.1. The van der Waals surface area contributed by atoms with Gasteiger partial charge in [-0.3, -0.25) is 0 Å². The molecule has 0 nitrogen and oxygen atoms in total. The largest absolute Gasteiger partial charge is 0.0839 e. The monoisotopic (exact) mass is 267 g/mol. The normalized spacial score (nSPS) is 12.7. The van der Waals surface area contributed by atoms with Crippen molar-refractivity contribution in [1.29, 1.82) is 0 Å². The van der Waals surface area contributed by atoms with E-state index in [1.165, 1.54) is 44.1 Å². The second kappa shape index (κ2) is 7.92. The van der Waals surface area contributed by atoms with Gasteiger partial charge in [0.05, 0.1) is 0 Å². The van der Waals surface area contributed by atoms with Crippen molar-refractivity contribution in [2.45, 2.75) is 50.3 Å². The molecule has 0 saturated carbocycles. The van der Waals surface area contributed by atoms with Crippen LogP contribution in [0.25, 0.3) is 0 Å². The second-order valence-corrected chi connectivity index (χ2v) is 5.09. The number of alkyl halides is 1. The molecule has 0 heterocycles. The zero-order valence-corrected chi connectivity index (χ0v) is 11.1. The molecule has 0 aliphatic rings. The molecule has 1 aromatic carbocycles. The van der Waals surface area contributed by atoms with Crippen molar-refractivity contribution in [3.05, 3.63) is 35.9 Å². The molecule has 0 spiro atoms. The van der Waals surface area contributed by atoms with Gasteiger partial charge in [-0.2, -0.15) is 0 Å². The molecule has 1 aromatic rings. The summed E-state index contributed by atoms with van der Waals surface area (Å²) in [6.07, 6.45) is 8.00. The lowest BCUT2D eigenvalue weighted by Gasteiger charge is -2.09.